The molecular weight excluding hydrogens is 212 g/mol. The molecule has 1 aliphatic carbocycles. The average molecular weight is 230 g/mol. The van der Waals surface area contributed by atoms with Crippen LogP contribution in [0.15, 0.2) is 24.3 Å². The standard InChI is InChI=1S/C14H18N2O/c17-14(16-9-10-7-15-8-10)13-6-5-11-3-1-2-4-12(11)13/h1-4,10,13,15H,5-9H2,(H,16,17). The zero-order valence-electron chi connectivity index (χ0n) is 9.91. The van der Waals surface area contributed by atoms with Crippen LogP contribution in [0.3, 0.4) is 0 Å². The van der Waals surface area contributed by atoms with Gasteiger partial charge in [-0.15, -0.1) is 0 Å². The first-order valence-corrected chi connectivity index (χ1v) is 6.41. The van der Waals surface area contributed by atoms with E-state index in [0.29, 0.717) is 5.92 Å². The second kappa shape index (κ2) is 4.49. The molecule has 3 nitrogen and oxygen atoms in total. The lowest BCUT2D eigenvalue weighted by Crippen LogP contribution is -2.48. The van der Waals surface area contributed by atoms with E-state index in [0.717, 1.165) is 32.5 Å². The number of nitrogens with one attached hydrogen (secondary N) is 2. The van der Waals surface area contributed by atoms with Crippen LogP contribution in [0.1, 0.15) is 23.5 Å². The van der Waals surface area contributed by atoms with E-state index in [1.807, 2.05) is 6.07 Å². The molecule has 0 aromatic heterocycles. The average Bonchev–Trinajstić information content (AvgIpc) is 2.70. The van der Waals surface area contributed by atoms with Crippen LogP contribution in [0, 0.1) is 5.92 Å². The van der Waals surface area contributed by atoms with Gasteiger partial charge in [-0.2, -0.15) is 0 Å². The van der Waals surface area contributed by atoms with Gasteiger partial charge in [0.2, 0.25) is 5.91 Å². The van der Waals surface area contributed by atoms with Crippen molar-refractivity contribution in [2.45, 2.75) is 18.8 Å². The molecule has 0 bridgehead atoms. The number of fused-ring (bicyclic) bond motifs is 1. The summed E-state index contributed by atoms with van der Waals surface area (Å²) in [4.78, 5) is 12.1. The summed E-state index contributed by atoms with van der Waals surface area (Å²) < 4.78 is 0. The molecule has 1 aliphatic heterocycles. The van der Waals surface area contributed by atoms with Crippen LogP contribution in [0.25, 0.3) is 0 Å². The first kappa shape index (κ1) is 10.8. The van der Waals surface area contributed by atoms with Crippen molar-refractivity contribution >= 4 is 5.91 Å². The van der Waals surface area contributed by atoms with E-state index in [1.165, 1.54) is 11.1 Å². The predicted octanol–water partition coefficient (Wildman–Crippen LogP) is 1.05. The number of hydrogen-bond acceptors (Lipinski definition) is 2. The molecule has 1 amide bonds. The van der Waals surface area contributed by atoms with Gasteiger partial charge in [0, 0.05) is 25.6 Å². The van der Waals surface area contributed by atoms with E-state index < -0.39 is 0 Å². The largest absolute Gasteiger partial charge is 0.355 e. The van der Waals surface area contributed by atoms with Gasteiger partial charge in [0.15, 0.2) is 0 Å². The zero-order chi connectivity index (χ0) is 11.7. The Balaban J connectivity index is 1.63. The molecule has 0 spiro atoms. The van der Waals surface area contributed by atoms with E-state index >= 15 is 0 Å². The van der Waals surface area contributed by atoms with Crippen LogP contribution >= 0.6 is 0 Å². The predicted molar refractivity (Wildman–Crippen MR) is 66.9 cm³/mol. The topological polar surface area (TPSA) is 41.1 Å². The summed E-state index contributed by atoms with van der Waals surface area (Å²) in [5.41, 5.74) is 2.58. The fraction of sp³-hybridized carbons (Fsp3) is 0.500. The highest BCUT2D eigenvalue weighted by Crippen LogP contribution is 2.32. The Morgan fingerprint density at radius 3 is 2.94 bits per heavy atom. The molecule has 1 fully saturated rings. The molecule has 1 saturated heterocycles. The number of hydrogen-bond donors (Lipinski definition) is 2. The lowest BCUT2D eigenvalue weighted by atomic mass is 9.99. The monoisotopic (exact) mass is 230 g/mol. The molecule has 3 heteroatoms. The number of aryl methyl sites for hydroxylation is 1. The molecule has 1 atom stereocenters. The van der Waals surface area contributed by atoms with Crippen LogP contribution in [0.4, 0.5) is 0 Å². The maximum atomic E-state index is 12.1. The Morgan fingerprint density at radius 1 is 1.35 bits per heavy atom. The van der Waals surface area contributed by atoms with Gasteiger partial charge in [0.1, 0.15) is 0 Å². The van der Waals surface area contributed by atoms with Crippen LogP contribution in [0.2, 0.25) is 0 Å². The van der Waals surface area contributed by atoms with Crippen molar-refractivity contribution in [2.24, 2.45) is 5.92 Å². The zero-order valence-corrected chi connectivity index (χ0v) is 9.91. The summed E-state index contributed by atoms with van der Waals surface area (Å²) >= 11 is 0. The van der Waals surface area contributed by atoms with Crippen molar-refractivity contribution < 1.29 is 4.79 Å². The summed E-state index contributed by atoms with van der Waals surface area (Å²) in [5.74, 6) is 0.927. The van der Waals surface area contributed by atoms with Gasteiger partial charge < -0.3 is 10.6 Å². The molecule has 0 radical (unpaired) electrons. The molecule has 0 saturated carbocycles. The highest BCUT2D eigenvalue weighted by molar-refractivity contribution is 5.84. The minimum atomic E-state index is 0.0826. The van der Waals surface area contributed by atoms with E-state index in [1.54, 1.807) is 0 Å². The van der Waals surface area contributed by atoms with Crippen molar-refractivity contribution in [3.8, 4) is 0 Å². The van der Waals surface area contributed by atoms with Crippen LogP contribution in [-0.4, -0.2) is 25.5 Å². The second-order valence-electron chi connectivity index (χ2n) is 5.06. The second-order valence-corrected chi connectivity index (χ2v) is 5.06. The molecular formula is C14H18N2O. The summed E-state index contributed by atoms with van der Waals surface area (Å²) in [5, 5.41) is 6.31. The molecule has 3 rings (SSSR count). The Kier molecular flexibility index (Phi) is 2.85. The van der Waals surface area contributed by atoms with Crippen LogP contribution in [-0.2, 0) is 11.2 Å². The van der Waals surface area contributed by atoms with Crippen molar-refractivity contribution in [2.75, 3.05) is 19.6 Å². The fourth-order valence-corrected chi connectivity index (χ4v) is 2.69. The van der Waals surface area contributed by atoms with Gasteiger partial charge in [0.05, 0.1) is 5.92 Å². The molecule has 2 N–H and O–H groups in total. The smallest absolute Gasteiger partial charge is 0.227 e. The first-order valence-electron chi connectivity index (χ1n) is 6.41. The van der Waals surface area contributed by atoms with Gasteiger partial charge in [0.25, 0.3) is 0 Å². The maximum Gasteiger partial charge on any atom is 0.227 e. The Morgan fingerprint density at radius 2 is 2.18 bits per heavy atom. The maximum absolute atomic E-state index is 12.1. The number of benzene rings is 1. The highest BCUT2D eigenvalue weighted by atomic mass is 16.1. The molecule has 90 valence electrons. The summed E-state index contributed by atoms with van der Waals surface area (Å²) in [6.07, 6.45) is 2.01. The number of rotatable bonds is 3. The van der Waals surface area contributed by atoms with E-state index in [4.69, 9.17) is 0 Å². The quantitative estimate of drug-likeness (QED) is 0.815. The molecule has 1 aromatic carbocycles. The Labute approximate surface area is 102 Å². The number of carbonyl (C=O) groups is 1. The third-order valence-electron chi connectivity index (χ3n) is 3.88. The lowest BCUT2D eigenvalue weighted by molar-refractivity contribution is -0.122. The van der Waals surface area contributed by atoms with Crippen molar-refractivity contribution in [3.05, 3.63) is 35.4 Å². The Bertz CT molecular complexity index is 426. The van der Waals surface area contributed by atoms with Crippen molar-refractivity contribution in [1.82, 2.24) is 10.6 Å². The molecule has 1 aromatic rings. The van der Waals surface area contributed by atoms with Crippen LogP contribution < -0.4 is 10.6 Å². The first-order chi connectivity index (χ1) is 8.34. The molecule has 2 aliphatic rings. The SMILES string of the molecule is O=C(NCC1CNC1)C1CCc2ccccc21. The van der Waals surface area contributed by atoms with E-state index in [9.17, 15) is 4.79 Å². The minimum absolute atomic E-state index is 0.0826. The summed E-state index contributed by atoms with van der Waals surface area (Å²) in [6, 6.07) is 8.31. The van der Waals surface area contributed by atoms with Crippen molar-refractivity contribution in [3.63, 3.8) is 0 Å². The van der Waals surface area contributed by atoms with E-state index in [2.05, 4.69) is 28.8 Å². The Hall–Kier alpha value is -1.35. The van der Waals surface area contributed by atoms with Crippen molar-refractivity contribution in [1.29, 1.82) is 0 Å². The number of carbonyl (C=O) groups excluding carboxylic acids is 1. The third kappa shape index (κ3) is 2.07. The molecule has 17 heavy (non-hydrogen) atoms. The van der Waals surface area contributed by atoms with E-state index in [-0.39, 0.29) is 11.8 Å². The number of amides is 1. The fourth-order valence-electron chi connectivity index (χ4n) is 2.69. The van der Waals surface area contributed by atoms with Gasteiger partial charge >= 0.3 is 0 Å². The normalized spacial score (nSPS) is 22.9. The lowest BCUT2D eigenvalue weighted by Gasteiger charge is -2.27. The highest BCUT2D eigenvalue weighted by Gasteiger charge is 2.28. The third-order valence-corrected chi connectivity index (χ3v) is 3.88. The summed E-state index contributed by atoms with van der Waals surface area (Å²) in [7, 11) is 0. The van der Waals surface area contributed by atoms with Gasteiger partial charge in [-0.1, -0.05) is 24.3 Å². The molecule has 1 heterocycles. The molecule has 1 unspecified atom stereocenters. The van der Waals surface area contributed by atoms with Gasteiger partial charge in [-0.25, -0.2) is 0 Å². The summed E-state index contributed by atoms with van der Waals surface area (Å²) in [6.45, 7) is 2.91. The minimum Gasteiger partial charge on any atom is -0.355 e. The van der Waals surface area contributed by atoms with Crippen LogP contribution in [0.5, 0.6) is 0 Å². The van der Waals surface area contributed by atoms with Gasteiger partial charge in [-0.05, 0) is 24.0 Å². The van der Waals surface area contributed by atoms with Gasteiger partial charge in [-0.3, -0.25) is 4.79 Å².